The Morgan fingerprint density at radius 2 is 1.41 bits per heavy atom. The summed E-state index contributed by atoms with van der Waals surface area (Å²) in [7, 11) is 0. The maximum absolute atomic E-state index is 12.7. The molecule has 0 saturated carbocycles. The van der Waals surface area contributed by atoms with Gasteiger partial charge in [0.2, 0.25) is 0 Å². The second-order valence-corrected chi connectivity index (χ2v) is 9.74. The maximum Gasteiger partial charge on any atom is 0.338 e. The lowest BCUT2D eigenvalue weighted by Crippen LogP contribution is -2.22. The van der Waals surface area contributed by atoms with Gasteiger partial charge in [-0.3, -0.25) is 4.79 Å². The molecule has 1 N–H and O–H groups in total. The summed E-state index contributed by atoms with van der Waals surface area (Å²) < 4.78 is 5.32. The van der Waals surface area contributed by atoms with E-state index in [-0.39, 0.29) is 23.3 Å². The average molecular weight is 396 g/mol. The molecule has 4 nitrogen and oxygen atoms in total. The SMILES string of the molecule is Cc1ccc(C)c(NC(=O)COC(=O)c2cc(C(C)(C)C)cc(C(C)(C)C)c2)c1. The van der Waals surface area contributed by atoms with Crippen LogP contribution in [0.25, 0.3) is 0 Å². The predicted molar refractivity (Wildman–Crippen MR) is 119 cm³/mol. The fourth-order valence-electron chi connectivity index (χ4n) is 2.88. The van der Waals surface area contributed by atoms with Crippen molar-refractivity contribution in [3.8, 4) is 0 Å². The molecule has 0 aliphatic carbocycles. The van der Waals surface area contributed by atoms with E-state index >= 15 is 0 Å². The van der Waals surface area contributed by atoms with Gasteiger partial charge in [-0.15, -0.1) is 0 Å². The largest absolute Gasteiger partial charge is 0.452 e. The van der Waals surface area contributed by atoms with E-state index in [0.717, 1.165) is 27.9 Å². The average Bonchev–Trinajstić information content (AvgIpc) is 2.61. The molecule has 0 saturated heterocycles. The van der Waals surface area contributed by atoms with E-state index in [0.29, 0.717) is 5.56 Å². The molecule has 0 heterocycles. The second-order valence-electron chi connectivity index (χ2n) is 9.74. The van der Waals surface area contributed by atoms with Gasteiger partial charge >= 0.3 is 5.97 Å². The predicted octanol–water partition coefficient (Wildman–Crippen LogP) is 5.69. The van der Waals surface area contributed by atoms with Crippen LogP contribution in [0, 0.1) is 13.8 Å². The molecule has 1 amide bonds. The van der Waals surface area contributed by atoms with Gasteiger partial charge in [-0.1, -0.05) is 59.7 Å². The minimum Gasteiger partial charge on any atom is -0.452 e. The molecule has 2 aromatic rings. The smallest absolute Gasteiger partial charge is 0.338 e. The molecule has 2 aromatic carbocycles. The number of benzene rings is 2. The summed E-state index contributed by atoms with van der Waals surface area (Å²) in [6, 6.07) is 11.7. The highest BCUT2D eigenvalue weighted by Gasteiger charge is 2.23. The molecule has 0 atom stereocenters. The molecule has 0 aliphatic heterocycles. The summed E-state index contributed by atoms with van der Waals surface area (Å²) in [5.41, 5.74) is 5.15. The van der Waals surface area contributed by atoms with Gasteiger partial charge < -0.3 is 10.1 Å². The minimum atomic E-state index is -0.488. The van der Waals surface area contributed by atoms with Crippen LogP contribution in [-0.4, -0.2) is 18.5 Å². The van der Waals surface area contributed by atoms with Gasteiger partial charge in [0.1, 0.15) is 0 Å². The monoisotopic (exact) mass is 395 g/mol. The molecular formula is C25H33NO3. The molecule has 0 aromatic heterocycles. The first-order valence-corrected chi connectivity index (χ1v) is 9.97. The van der Waals surface area contributed by atoms with Crippen LogP contribution in [0.1, 0.15) is 74.2 Å². The Morgan fingerprint density at radius 3 is 1.93 bits per heavy atom. The molecule has 0 unspecified atom stereocenters. The van der Waals surface area contributed by atoms with Crippen LogP contribution in [0.15, 0.2) is 36.4 Å². The third-order valence-corrected chi connectivity index (χ3v) is 4.90. The lowest BCUT2D eigenvalue weighted by atomic mass is 9.79. The van der Waals surface area contributed by atoms with Crippen molar-refractivity contribution < 1.29 is 14.3 Å². The van der Waals surface area contributed by atoms with E-state index in [4.69, 9.17) is 4.74 Å². The molecule has 0 aliphatic rings. The van der Waals surface area contributed by atoms with Gasteiger partial charge in [-0.05, 0) is 65.1 Å². The van der Waals surface area contributed by atoms with E-state index in [1.165, 1.54) is 0 Å². The highest BCUT2D eigenvalue weighted by atomic mass is 16.5. The zero-order chi connectivity index (χ0) is 22.0. The van der Waals surface area contributed by atoms with Crippen LogP contribution in [0.2, 0.25) is 0 Å². The summed E-state index contributed by atoms with van der Waals surface area (Å²) in [4.78, 5) is 25.0. The van der Waals surface area contributed by atoms with Crippen molar-refractivity contribution in [1.29, 1.82) is 0 Å². The molecular weight excluding hydrogens is 362 g/mol. The number of amides is 1. The second kappa shape index (κ2) is 8.40. The van der Waals surface area contributed by atoms with Crippen molar-refractivity contribution >= 4 is 17.6 Å². The van der Waals surface area contributed by atoms with E-state index in [9.17, 15) is 9.59 Å². The van der Waals surface area contributed by atoms with Gasteiger partial charge in [0, 0.05) is 5.69 Å². The highest BCUT2D eigenvalue weighted by Crippen LogP contribution is 2.30. The van der Waals surface area contributed by atoms with E-state index in [1.54, 1.807) is 0 Å². The number of hydrogen-bond donors (Lipinski definition) is 1. The molecule has 2 rings (SSSR count). The normalized spacial score (nSPS) is 11.9. The van der Waals surface area contributed by atoms with Crippen LogP contribution in [0.3, 0.4) is 0 Å². The Labute approximate surface area is 174 Å². The number of anilines is 1. The number of aryl methyl sites for hydroxylation is 2. The Kier molecular flexibility index (Phi) is 6.56. The first-order chi connectivity index (χ1) is 13.3. The van der Waals surface area contributed by atoms with Gasteiger partial charge in [-0.25, -0.2) is 4.79 Å². The number of nitrogens with one attached hydrogen (secondary N) is 1. The molecule has 0 spiro atoms. The van der Waals surface area contributed by atoms with Gasteiger partial charge in [0.25, 0.3) is 5.91 Å². The number of hydrogen-bond acceptors (Lipinski definition) is 3. The Bertz CT molecular complexity index is 882. The third kappa shape index (κ3) is 6.18. The minimum absolute atomic E-state index is 0.101. The zero-order valence-corrected chi connectivity index (χ0v) is 18.9. The van der Waals surface area contributed by atoms with Crippen LogP contribution in [-0.2, 0) is 20.4 Å². The van der Waals surface area contributed by atoms with E-state index in [2.05, 4.69) is 52.9 Å². The van der Waals surface area contributed by atoms with Crippen molar-refractivity contribution in [2.24, 2.45) is 0 Å². The summed E-state index contributed by atoms with van der Waals surface area (Å²) >= 11 is 0. The fourth-order valence-corrected chi connectivity index (χ4v) is 2.88. The van der Waals surface area contributed by atoms with Gasteiger partial charge in [-0.2, -0.15) is 0 Å². The van der Waals surface area contributed by atoms with E-state index < -0.39 is 5.97 Å². The van der Waals surface area contributed by atoms with Crippen molar-refractivity contribution in [3.05, 3.63) is 64.2 Å². The van der Waals surface area contributed by atoms with Gasteiger partial charge in [0.05, 0.1) is 5.56 Å². The molecule has 0 bridgehead atoms. The Morgan fingerprint density at radius 1 is 0.862 bits per heavy atom. The number of ether oxygens (including phenoxy) is 1. The first kappa shape index (κ1) is 22.7. The van der Waals surface area contributed by atoms with Crippen LogP contribution >= 0.6 is 0 Å². The summed E-state index contributed by atoms with van der Waals surface area (Å²) in [5.74, 6) is -0.840. The van der Waals surface area contributed by atoms with Crippen LogP contribution in [0.4, 0.5) is 5.69 Å². The lowest BCUT2D eigenvalue weighted by Gasteiger charge is -2.25. The van der Waals surface area contributed by atoms with Crippen LogP contribution < -0.4 is 5.32 Å². The van der Waals surface area contributed by atoms with Gasteiger partial charge in [0.15, 0.2) is 6.61 Å². The number of carbonyl (C=O) groups is 2. The van der Waals surface area contributed by atoms with Crippen molar-refractivity contribution in [2.75, 3.05) is 11.9 Å². The summed E-state index contributed by atoms with van der Waals surface area (Å²) in [6.45, 7) is 16.2. The topological polar surface area (TPSA) is 55.4 Å². The lowest BCUT2D eigenvalue weighted by molar-refractivity contribution is -0.119. The van der Waals surface area contributed by atoms with Crippen molar-refractivity contribution in [3.63, 3.8) is 0 Å². The van der Waals surface area contributed by atoms with E-state index in [1.807, 2.05) is 44.2 Å². The number of rotatable bonds is 4. The molecule has 4 heteroatoms. The quantitative estimate of drug-likeness (QED) is 0.676. The Hall–Kier alpha value is -2.62. The maximum atomic E-state index is 12.7. The molecule has 156 valence electrons. The fraction of sp³-hybridized carbons (Fsp3) is 0.440. The summed E-state index contributed by atoms with van der Waals surface area (Å²) in [5, 5.41) is 2.81. The first-order valence-electron chi connectivity index (χ1n) is 9.97. The third-order valence-electron chi connectivity index (χ3n) is 4.90. The number of carbonyl (C=O) groups excluding carboxylic acids is 2. The van der Waals surface area contributed by atoms with Crippen molar-refractivity contribution in [2.45, 2.75) is 66.2 Å². The van der Waals surface area contributed by atoms with Crippen molar-refractivity contribution in [1.82, 2.24) is 0 Å². The summed E-state index contributed by atoms with van der Waals surface area (Å²) in [6.07, 6.45) is 0. The number of esters is 1. The zero-order valence-electron chi connectivity index (χ0n) is 18.9. The molecule has 0 radical (unpaired) electrons. The standard InChI is InChI=1S/C25H33NO3/c1-16-9-10-17(2)21(11-16)26-22(27)15-29-23(28)18-12-19(24(3,4)5)14-20(13-18)25(6,7)8/h9-14H,15H2,1-8H3,(H,26,27). The molecule has 29 heavy (non-hydrogen) atoms. The van der Waals surface area contributed by atoms with Crippen LogP contribution in [0.5, 0.6) is 0 Å². The Balaban J connectivity index is 2.15. The highest BCUT2D eigenvalue weighted by molar-refractivity contribution is 5.96. The molecule has 0 fully saturated rings.